The zero-order valence-electron chi connectivity index (χ0n) is 9.32. The number of nitrogens with zero attached hydrogens (tertiary/aromatic N) is 2. The number of aliphatic hydroxyl groups is 1. The van der Waals surface area contributed by atoms with Crippen molar-refractivity contribution < 1.29 is 5.11 Å². The molecule has 2 saturated heterocycles. The van der Waals surface area contributed by atoms with Gasteiger partial charge in [-0.15, -0.1) is 0 Å². The van der Waals surface area contributed by atoms with Crippen molar-refractivity contribution in [1.82, 2.24) is 9.80 Å². The molecule has 2 rings (SSSR count). The van der Waals surface area contributed by atoms with Gasteiger partial charge in [0, 0.05) is 31.2 Å². The largest absolute Gasteiger partial charge is 0.395 e. The lowest BCUT2D eigenvalue weighted by molar-refractivity contribution is 0.00377. The lowest BCUT2D eigenvalue weighted by atomic mass is 10.1. The van der Waals surface area contributed by atoms with E-state index in [1.54, 1.807) is 0 Å². The molecule has 2 atom stereocenters. The van der Waals surface area contributed by atoms with Crippen LogP contribution >= 0.6 is 0 Å². The Kier molecular flexibility index (Phi) is 3.10. The monoisotopic (exact) mass is 198 g/mol. The minimum atomic E-state index is 0.307. The van der Waals surface area contributed by atoms with Crippen molar-refractivity contribution in [1.29, 1.82) is 0 Å². The van der Waals surface area contributed by atoms with Gasteiger partial charge in [-0.3, -0.25) is 9.80 Å². The van der Waals surface area contributed by atoms with Crippen LogP contribution in [0.15, 0.2) is 0 Å². The summed E-state index contributed by atoms with van der Waals surface area (Å²) in [4.78, 5) is 5.02. The van der Waals surface area contributed by atoms with Gasteiger partial charge >= 0.3 is 0 Å². The predicted molar refractivity (Wildman–Crippen MR) is 57.3 cm³/mol. The summed E-state index contributed by atoms with van der Waals surface area (Å²) < 4.78 is 0. The van der Waals surface area contributed by atoms with Crippen LogP contribution in [0.1, 0.15) is 26.7 Å². The molecule has 0 aromatic carbocycles. The molecule has 0 radical (unpaired) electrons. The first-order valence-electron chi connectivity index (χ1n) is 5.83. The summed E-state index contributed by atoms with van der Waals surface area (Å²) in [6.45, 7) is 8.23. The van der Waals surface area contributed by atoms with E-state index in [1.165, 1.54) is 19.4 Å². The first-order chi connectivity index (χ1) is 6.72. The number of hydrogen-bond donors (Lipinski definition) is 1. The van der Waals surface area contributed by atoms with Crippen molar-refractivity contribution >= 4 is 0 Å². The third kappa shape index (κ3) is 1.81. The van der Waals surface area contributed by atoms with Crippen molar-refractivity contribution in [3.8, 4) is 0 Å². The average Bonchev–Trinajstić information content (AvgIpc) is 2.62. The Balaban J connectivity index is 2.03. The van der Waals surface area contributed by atoms with Crippen molar-refractivity contribution in [2.24, 2.45) is 0 Å². The molecule has 0 aliphatic carbocycles. The van der Waals surface area contributed by atoms with E-state index in [2.05, 4.69) is 23.6 Å². The van der Waals surface area contributed by atoms with Gasteiger partial charge in [0.05, 0.1) is 6.61 Å². The van der Waals surface area contributed by atoms with Gasteiger partial charge in [-0.25, -0.2) is 0 Å². The van der Waals surface area contributed by atoms with E-state index in [0.717, 1.165) is 19.1 Å². The first-order valence-corrected chi connectivity index (χ1v) is 5.83. The van der Waals surface area contributed by atoms with Crippen LogP contribution in [0.2, 0.25) is 0 Å². The summed E-state index contributed by atoms with van der Waals surface area (Å²) in [5.74, 6) is 0. The zero-order valence-corrected chi connectivity index (χ0v) is 9.32. The lowest BCUT2D eigenvalue weighted by Gasteiger charge is -2.45. The van der Waals surface area contributed by atoms with E-state index in [-0.39, 0.29) is 0 Å². The number of rotatable bonds is 2. The van der Waals surface area contributed by atoms with Gasteiger partial charge in [0.15, 0.2) is 0 Å². The Morgan fingerprint density at radius 2 is 2.14 bits per heavy atom. The van der Waals surface area contributed by atoms with Crippen LogP contribution in [-0.4, -0.2) is 59.3 Å². The van der Waals surface area contributed by atoms with E-state index < -0.39 is 0 Å². The molecule has 82 valence electrons. The van der Waals surface area contributed by atoms with Crippen LogP contribution < -0.4 is 0 Å². The topological polar surface area (TPSA) is 26.7 Å². The molecule has 2 aliphatic heterocycles. The highest BCUT2D eigenvalue weighted by Crippen LogP contribution is 2.25. The summed E-state index contributed by atoms with van der Waals surface area (Å²) in [5, 5.41) is 9.36. The Morgan fingerprint density at radius 1 is 1.36 bits per heavy atom. The molecule has 2 unspecified atom stereocenters. The highest BCUT2D eigenvalue weighted by atomic mass is 16.3. The average molecular weight is 198 g/mol. The Morgan fingerprint density at radius 3 is 2.79 bits per heavy atom. The fraction of sp³-hybridized carbons (Fsp3) is 1.00. The molecule has 0 amide bonds. The number of fused-ring (bicyclic) bond motifs is 1. The standard InChI is InChI=1S/C11H22N2O/c1-9(2)13-7-10-4-3-5-12(10)6-11(13)8-14/h9-11,14H,3-8H2,1-2H3. The third-order valence-electron chi connectivity index (χ3n) is 3.71. The second-order valence-corrected chi connectivity index (χ2v) is 4.92. The predicted octanol–water partition coefficient (Wildman–Crippen LogP) is 0.536. The molecular weight excluding hydrogens is 176 g/mol. The van der Waals surface area contributed by atoms with Crippen LogP contribution in [0.5, 0.6) is 0 Å². The minimum absolute atomic E-state index is 0.307. The minimum Gasteiger partial charge on any atom is -0.395 e. The third-order valence-corrected chi connectivity index (χ3v) is 3.71. The molecule has 2 heterocycles. The van der Waals surface area contributed by atoms with Crippen LogP contribution in [-0.2, 0) is 0 Å². The molecule has 0 saturated carbocycles. The van der Waals surface area contributed by atoms with Crippen molar-refractivity contribution in [3.05, 3.63) is 0 Å². The first kappa shape index (κ1) is 10.4. The molecule has 14 heavy (non-hydrogen) atoms. The molecule has 0 bridgehead atoms. The van der Waals surface area contributed by atoms with Crippen LogP contribution in [0.25, 0.3) is 0 Å². The second kappa shape index (κ2) is 4.17. The van der Waals surface area contributed by atoms with Crippen molar-refractivity contribution in [2.45, 2.75) is 44.8 Å². The fourth-order valence-electron chi connectivity index (χ4n) is 2.91. The molecular formula is C11H22N2O. The SMILES string of the molecule is CC(C)N1CC2CCCN2CC1CO. The van der Waals surface area contributed by atoms with E-state index in [1.807, 2.05) is 0 Å². The van der Waals surface area contributed by atoms with E-state index >= 15 is 0 Å². The molecule has 0 spiro atoms. The molecule has 0 aromatic rings. The number of aliphatic hydroxyl groups excluding tert-OH is 1. The molecule has 2 aliphatic rings. The van der Waals surface area contributed by atoms with Gasteiger partial charge in [0.1, 0.15) is 0 Å². The smallest absolute Gasteiger partial charge is 0.0599 e. The number of piperazine rings is 1. The normalized spacial score (nSPS) is 35.1. The van der Waals surface area contributed by atoms with Gasteiger partial charge in [0.25, 0.3) is 0 Å². The van der Waals surface area contributed by atoms with Crippen molar-refractivity contribution in [3.63, 3.8) is 0 Å². The maximum absolute atomic E-state index is 9.36. The molecule has 2 fully saturated rings. The van der Waals surface area contributed by atoms with Gasteiger partial charge in [0.2, 0.25) is 0 Å². The van der Waals surface area contributed by atoms with Gasteiger partial charge in [-0.05, 0) is 33.2 Å². The second-order valence-electron chi connectivity index (χ2n) is 4.92. The molecule has 3 heteroatoms. The molecule has 1 N–H and O–H groups in total. The maximum Gasteiger partial charge on any atom is 0.0599 e. The van der Waals surface area contributed by atoms with Gasteiger partial charge in [-0.2, -0.15) is 0 Å². The van der Waals surface area contributed by atoms with E-state index in [4.69, 9.17) is 0 Å². The quantitative estimate of drug-likeness (QED) is 0.701. The number of hydrogen-bond acceptors (Lipinski definition) is 3. The van der Waals surface area contributed by atoms with Crippen LogP contribution in [0.3, 0.4) is 0 Å². The highest BCUT2D eigenvalue weighted by molar-refractivity contribution is 4.92. The van der Waals surface area contributed by atoms with E-state index in [9.17, 15) is 5.11 Å². The van der Waals surface area contributed by atoms with Crippen LogP contribution in [0, 0.1) is 0 Å². The van der Waals surface area contributed by atoms with Crippen LogP contribution in [0.4, 0.5) is 0 Å². The maximum atomic E-state index is 9.36. The highest BCUT2D eigenvalue weighted by Gasteiger charge is 2.36. The summed E-state index contributed by atoms with van der Waals surface area (Å²) in [5.41, 5.74) is 0. The fourth-order valence-corrected chi connectivity index (χ4v) is 2.91. The van der Waals surface area contributed by atoms with Crippen molar-refractivity contribution in [2.75, 3.05) is 26.2 Å². The summed E-state index contributed by atoms with van der Waals surface area (Å²) >= 11 is 0. The molecule has 3 nitrogen and oxygen atoms in total. The summed E-state index contributed by atoms with van der Waals surface area (Å²) in [6.07, 6.45) is 2.69. The molecule has 0 aromatic heterocycles. The zero-order chi connectivity index (χ0) is 10.1. The van der Waals surface area contributed by atoms with E-state index in [0.29, 0.717) is 18.7 Å². The van der Waals surface area contributed by atoms with Gasteiger partial charge < -0.3 is 5.11 Å². The Labute approximate surface area is 86.7 Å². The summed E-state index contributed by atoms with van der Waals surface area (Å²) in [6, 6.07) is 1.69. The Bertz CT molecular complexity index is 196. The summed E-state index contributed by atoms with van der Waals surface area (Å²) in [7, 11) is 0. The Hall–Kier alpha value is -0.120. The van der Waals surface area contributed by atoms with Gasteiger partial charge in [-0.1, -0.05) is 0 Å². The lowest BCUT2D eigenvalue weighted by Crippen LogP contribution is -2.59.